The maximum absolute atomic E-state index is 11.5. The number of aromatic nitrogens is 1. The van der Waals surface area contributed by atoms with Gasteiger partial charge in [0.05, 0.1) is 6.54 Å². The third-order valence-corrected chi connectivity index (χ3v) is 4.79. The van der Waals surface area contributed by atoms with Crippen LogP contribution in [0.5, 0.6) is 5.75 Å². The number of hydrogen-bond acceptors (Lipinski definition) is 2. The van der Waals surface area contributed by atoms with Crippen LogP contribution in [0.15, 0.2) is 42.6 Å². The third-order valence-electron chi connectivity index (χ3n) is 4.58. The summed E-state index contributed by atoms with van der Waals surface area (Å²) in [6.07, 6.45) is 3.10. The van der Waals surface area contributed by atoms with Crippen molar-refractivity contribution in [1.29, 1.82) is 0 Å². The summed E-state index contributed by atoms with van der Waals surface area (Å²) in [5, 5.41) is 4.75. The van der Waals surface area contributed by atoms with Crippen molar-refractivity contribution in [1.82, 2.24) is 10.3 Å². The van der Waals surface area contributed by atoms with Crippen molar-refractivity contribution in [2.45, 2.75) is 25.9 Å². The van der Waals surface area contributed by atoms with E-state index in [9.17, 15) is 4.79 Å². The van der Waals surface area contributed by atoms with Crippen molar-refractivity contribution in [3.63, 3.8) is 0 Å². The standard InChI is InChI=1S/C20H19ClN2O2/c1-2-19(24)23-11-16-9-14-8-15(21)10-17(20(14)25-16)12-3-4-18-13(7-12)5-6-22-18/h3-8,10,16,22H,2,9,11H2,1H3,(H,23,24)/t16-/m0/s1. The summed E-state index contributed by atoms with van der Waals surface area (Å²) >= 11 is 6.34. The first-order chi connectivity index (χ1) is 12.1. The number of nitrogens with one attached hydrogen (secondary N) is 2. The first-order valence-electron chi connectivity index (χ1n) is 8.47. The van der Waals surface area contributed by atoms with Gasteiger partial charge in [-0.05, 0) is 41.3 Å². The minimum atomic E-state index is -0.0568. The summed E-state index contributed by atoms with van der Waals surface area (Å²) in [6.45, 7) is 2.35. The van der Waals surface area contributed by atoms with Crippen LogP contribution >= 0.6 is 11.6 Å². The molecular formula is C20H19ClN2O2. The van der Waals surface area contributed by atoms with Crippen molar-refractivity contribution < 1.29 is 9.53 Å². The second-order valence-electron chi connectivity index (χ2n) is 6.32. The number of carbonyl (C=O) groups excluding carboxylic acids is 1. The highest BCUT2D eigenvalue weighted by Crippen LogP contribution is 2.41. The number of hydrogen-bond donors (Lipinski definition) is 2. The Morgan fingerprint density at radius 3 is 3.04 bits per heavy atom. The van der Waals surface area contributed by atoms with Crippen LogP contribution in [0.4, 0.5) is 0 Å². The van der Waals surface area contributed by atoms with Crippen LogP contribution in [0.3, 0.4) is 0 Å². The Bertz CT molecular complexity index is 948. The van der Waals surface area contributed by atoms with E-state index in [0.29, 0.717) is 18.0 Å². The van der Waals surface area contributed by atoms with Gasteiger partial charge in [-0.3, -0.25) is 4.79 Å². The van der Waals surface area contributed by atoms with Gasteiger partial charge >= 0.3 is 0 Å². The molecule has 1 aromatic heterocycles. The SMILES string of the molecule is CCC(=O)NC[C@@H]1Cc2cc(Cl)cc(-c3ccc4[nH]ccc4c3)c2O1. The number of rotatable bonds is 4. The molecule has 128 valence electrons. The number of fused-ring (bicyclic) bond motifs is 2. The molecule has 0 saturated heterocycles. The van der Waals surface area contributed by atoms with E-state index in [1.165, 1.54) is 0 Å². The molecule has 0 saturated carbocycles. The summed E-state index contributed by atoms with van der Waals surface area (Å²) in [4.78, 5) is 14.7. The first kappa shape index (κ1) is 16.0. The fourth-order valence-corrected chi connectivity index (χ4v) is 3.54. The summed E-state index contributed by atoms with van der Waals surface area (Å²) in [5.41, 5.74) is 4.26. The first-order valence-corrected chi connectivity index (χ1v) is 8.85. The Kier molecular flexibility index (Phi) is 4.14. The van der Waals surface area contributed by atoms with Crippen molar-refractivity contribution >= 4 is 28.4 Å². The molecule has 25 heavy (non-hydrogen) atoms. The molecule has 0 spiro atoms. The van der Waals surface area contributed by atoms with Crippen molar-refractivity contribution in [2.24, 2.45) is 0 Å². The predicted octanol–water partition coefficient (Wildman–Crippen LogP) is 4.32. The fourth-order valence-electron chi connectivity index (χ4n) is 3.30. The van der Waals surface area contributed by atoms with Crippen molar-refractivity contribution in [3.8, 4) is 16.9 Å². The van der Waals surface area contributed by atoms with Crippen LogP contribution in [0, 0.1) is 0 Å². The smallest absolute Gasteiger partial charge is 0.219 e. The summed E-state index contributed by atoms with van der Waals surface area (Å²) in [7, 11) is 0. The molecule has 1 amide bonds. The third kappa shape index (κ3) is 3.10. The van der Waals surface area contributed by atoms with Gasteiger partial charge in [-0.15, -0.1) is 0 Å². The second-order valence-corrected chi connectivity index (χ2v) is 6.76. The lowest BCUT2D eigenvalue weighted by atomic mass is 9.99. The van der Waals surface area contributed by atoms with Crippen LogP contribution in [0.25, 0.3) is 22.0 Å². The van der Waals surface area contributed by atoms with E-state index in [1.54, 1.807) is 0 Å². The number of aromatic amines is 1. The van der Waals surface area contributed by atoms with Crippen molar-refractivity contribution in [2.75, 3.05) is 6.54 Å². The molecule has 0 aliphatic carbocycles. The van der Waals surface area contributed by atoms with Crippen LogP contribution in [0.2, 0.25) is 5.02 Å². The topological polar surface area (TPSA) is 54.1 Å². The van der Waals surface area contributed by atoms with Crippen LogP contribution in [0.1, 0.15) is 18.9 Å². The normalized spacial score (nSPS) is 15.8. The highest BCUT2D eigenvalue weighted by Gasteiger charge is 2.27. The number of H-pyrrole nitrogens is 1. The lowest BCUT2D eigenvalue weighted by Crippen LogP contribution is -2.33. The summed E-state index contributed by atoms with van der Waals surface area (Å²) in [5.74, 6) is 0.908. The Labute approximate surface area is 151 Å². The number of ether oxygens (including phenoxy) is 1. The molecule has 1 atom stereocenters. The molecule has 0 bridgehead atoms. The molecule has 5 heteroatoms. The molecule has 0 fully saturated rings. The van der Waals surface area contributed by atoms with Gasteiger partial charge in [0.1, 0.15) is 11.9 Å². The molecule has 2 N–H and O–H groups in total. The molecule has 1 aliphatic heterocycles. The highest BCUT2D eigenvalue weighted by atomic mass is 35.5. The zero-order valence-corrected chi connectivity index (χ0v) is 14.7. The summed E-state index contributed by atoms with van der Waals surface area (Å²) in [6, 6.07) is 12.2. The lowest BCUT2D eigenvalue weighted by Gasteiger charge is -2.13. The van der Waals surface area contributed by atoms with Gasteiger partial charge in [-0.25, -0.2) is 0 Å². The highest BCUT2D eigenvalue weighted by molar-refractivity contribution is 6.31. The van der Waals surface area contributed by atoms with E-state index in [0.717, 1.165) is 39.8 Å². The molecule has 3 aromatic rings. The van der Waals surface area contributed by atoms with E-state index < -0.39 is 0 Å². The molecular weight excluding hydrogens is 336 g/mol. The zero-order valence-electron chi connectivity index (χ0n) is 13.9. The van der Waals surface area contributed by atoms with Gasteiger partial charge in [0, 0.05) is 40.7 Å². The zero-order chi connectivity index (χ0) is 17.4. The van der Waals surface area contributed by atoms with E-state index in [2.05, 4.69) is 28.5 Å². The monoisotopic (exact) mass is 354 g/mol. The van der Waals surface area contributed by atoms with Crippen LogP contribution in [-0.4, -0.2) is 23.5 Å². The van der Waals surface area contributed by atoms with Gasteiger partial charge in [-0.1, -0.05) is 24.6 Å². The molecule has 0 unspecified atom stereocenters. The van der Waals surface area contributed by atoms with E-state index in [-0.39, 0.29) is 12.0 Å². The lowest BCUT2D eigenvalue weighted by molar-refractivity contribution is -0.121. The van der Waals surface area contributed by atoms with E-state index in [4.69, 9.17) is 16.3 Å². The van der Waals surface area contributed by atoms with Gasteiger partial charge in [0.15, 0.2) is 0 Å². The Hall–Kier alpha value is -2.46. The minimum Gasteiger partial charge on any atom is -0.487 e. The molecule has 4 nitrogen and oxygen atoms in total. The molecule has 2 aromatic carbocycles. The maximum Gasteiger partial charge on any atom is 0.219 e. The maximum atomic E-state index is 11.5. The second kappa shape index (κ2) is 6.45. The van der Waals surface area contributed by atoms with E-state index >= 15 is 0 Å². The number of carbonyl (C=O) groups is 1. The largest absolute Gasteiger partial charge is 0.487 e. The van der Waals surface area contributed by atoms with Gasteiger partial charge in [0.25, 0.3) is 0 Å². The van der Waals surface area contributed by atoms with Gasteiger partial charge in [0.2, 0.25) is 5.91 Å². The number of benzene rings is 2. The Morgan fingerprint density at radius 2 is 2.20 bits per heavy atom. The van der Waals surface area contributed by atoms with Crippen LogP contribution in [-0.2, 0) is 11.2 Å². The van der Waals surface area contributed by atoms with Gasteiger partial charge < -0.3 is 15.0 Å². The number of amides is 1. The molecule has 1 aliphatic rings. The molecule has 4 rings (SSSR count). The predicted molar refractivity (Wildman–Crippen MR) is 100 cm³/mol. The van der Waals surface area contributed by atoms with Crippen molar-refractivity contribution in [3.05, 3.63) is 53.2 Å². The number of halogens is 1. The van der Waals surface area contributed by atoms with Crippen LogP contribution < -0.4 is 10.1 Å². The fraction of sp³-hybridized carbons (Fsp3) is 0.250. The molecule has 2 heterocycles. The average Bonchev–Trinajstić information content (AvgIpc) is 3.24. The minimum absolute atomic E-state index is 0.0377. The van der Waals surface area contributed by atoms with E-state index in [1.807, 2.05) is 31.3 Å². The quantitative estimate of drug-likeness (QED) is 0.733. The molecule has 0 radical (unpaired) electrons. The van der Waals surface area contributed by atoms with Gasteiger partial charge in [-0.2, -0.15) is 0 Å². The Balaban J connectivity index is 1.66. The Morgan fingerprint density at radius 1 is 1.32 bits per heavy atom. The average molecular weight is 355 g/mol. The summed E-state index contributed by atoms with van der Waals surface area (Å²) < 4.78 is 6.15.